The molecule has 0 aliphatic heterocycles. The molecule has 0 aliphatic rings. The zero-order valence-corrected chi connectivity index (χ0v) is 11.6. The van der Waals surface area contributed by atoms with E-state index in [4.69, 9.17) is 21.5 Å². The summed E-state index contributed by atoms with van der Waals surface area (Å²) in [6, 6.07) is 6.86. The average molecular weight is 272 g/mol. The number of aliphatic hydroxyl groups is 1. The molecular weight excluding hydrogens is 254 g/mol. The molecular formula is C13H18ClNO3. The molecule has 0 atom stereocenters. The Labute approximate surface area is 112 Å². The summed E-state index contributed by atoms with van der Waals surface area (Å²) in [5.74, 6) is -0.356. The van der Waals surface area contributed by atoms with Gasteiger partial charge in [0.2, 0.25) is 0 Å². The lowest BCUT2D eigenvalue weighted by molar-refractivity contribution is -0.154. The third kappa shape index (κ3) is 4.20. The number of hydrogen-bond acceptors (Lipinski definition) is 4. The molecule has 18 heavy (non-hydrogen) atoms. The van der Waals surface area contributed by atoms with E-state index < -0.39 is 5.41 Å². The Morgan fingerprint density at radius 1 is 1.33 bits per heavy atom. The molecule has 0 aliphatic carbocycles. The minimum Gasteiger partial charge on any atom is -0.394 e. The second kappa shape index (κ2) is 6.07. The highest BCUT2D eigenvalue weighted by Gasteiger charge is 2.26. The van der Waals surface area contributed by atoms with E-state index in [1.165, 1.54) is 5.06 Å². The van der Waals surface area contributed by atoms with Gasteiger partial charge in [-0.2, -0.15) is 0 Å². The lowest BCUT2D eigenvalue weighted by atomic mass is 9.98. The Balaban J connectivity index is 2.83. The summed E-state index contributed by atoms with van der Waals surface area (Å²) in [6.07, 6.45) is 0. The topological polar surface area (TPSA) is 49.8 Å². The van der Waals surface area contributed by atoms with Gasteiger partial charge in [0.25, 0.3) is 0 Å². The van der Waals surface area contributed by atoms with Gasteiger partial charge in [-0.15, -0.1) is 0 Å². The SMILES string of the molecule is CC(C)(C)C(=O)ON(CCO)c1ccc(Cl)cc1. The van der Waals surface area contributed by atoms with Gasteiger partial charge in [0.15, 0.2) is 0 Å². The zero-order chi connectivity index (χ0) is 13.8. The Morgan fingerprint density at radius 2 is 1.89 bits per heavy atom. The maximum atomic E-state index is 11.8. The summed E-state index contributed by atoms with van der Waals surface area (Å²) in [5, 5.41) is 11.0. The number of nitrogens with zero attached hydrogens (tertiary/aromatic N) is 1. The van der Waals surface area contributed by atoms with Crippen LogP contribution < -0.4 is 5.06 Å². The summed E-state index contributed by atoms with van der Waals surface area (Å²) >= 11 is 5.80. The van der Waals surface area contributed by atoms with Crippen molar-refractivity contribution in [2.75, 3.05) is 18.2 Å². The van der Waals surface area contributed by atoms with Gasteiger partial charge in [0, 0.05) is 5.02 Å². The molecule has 0 radical (unpaired) electrons. The summed E-state index contributed by atoms with van der Waals surface area (Å²) < 4.78 is 0. The number of carbonyl (C=O) groups excluding carboxylic acids is 1. The van der Waals surface area contributed by atoms with Crippen LogP contribution in [-0.2, 0) is 9.63 Å². The van der Waals surface area contributed by atoms with Gasteiger partial charge >= 0.3 is 5.97 Å². The van der Waals surface area contributed by atoms with E-state index >= 15 is 0 Å². The molecule has 4 nitrogen and oxygen atoms in total. The number of hydroxylamine groups is 1. The highest BCUT2D eigenvalue weighted by molar-refractivity contribution is 6.30. The number of rotatable bonds is 4. The predicted molar refractivity (Wildman–Crippen MR) is 71.4 cm³/mol. The first-order chi connectivity index (χ1) is 8.34. The van der Waals surface area contributed by atoms with Crippen LogP contribution in [0.2, 0.25) is 5.02 Å². The molecule has 0 heterocycles. The molecule has 0 fully saturated rings. The number of halogens is 1. The maximum Gasteiger partial charge on any atom is 0.337 e. The number of aliphatic hydroxyl groups excluding tert-OH is 1. The van der Waals surface area contributed by atoms with E-state index in [0.29, 0.717) is 10.7 Å². The standard InChI is InChI=1S/C13H18ClNO3/c1-13(2,3)12(17)18-15(8-9-16)11-6-4-10(14)5-7-11/h4-7,16H,8-9H2,1-3H3. The largest absolute Gasteiger partial charge is 0.394 e. The van der Waals surface area contributed by atoms with Crippen LogP contribution in [0.3, 0.4) is 0 Å². The lowest BCUT2D eigenvalue weighted by Crippen LogP contribution is -2.35. The number of anilines is 1. The fourth-order valence-electron chi connectivity index (χ4n) is 1.16. The number of hydrogen-bond donors (Lipinski definition) is 1. The number of carbonyl (C=O) groups is 1. The molecule has 1 aromatic rings. The summed E-state index contributed by atoms with van der Waals surface area (Å²) in [4.78, 5) is 17.1. The van der Waals surface area contributed by atoms with Crippen molar-refractivity contribution >= 4 is 23.3 Å². The third-order valence-corrected chi connectivity index (χ3v) is 2.48. The first-order valence-corrected chi connectivity index (χ1v) is 6.09. The highest BCUT2D eigenvalue weighted by atomic mass is 35.5. The first-order valence-electron chi connectivity index (χ1n) is 5.71. The smallest absolute Gasteiger partial charge is 0.337 e. The van der Waals surface area contributed by atoms with Crippen molar-refractivity contribution in [1.82, 2.24) is 0 Å². The van der Waals surface area contributed by atoms with Gasteiger partial charge in [-0.3, -0.25) is 0 Å². The first kappa shape index (κ1) is 14.8. The van der Waals surface area contributed by atoms with E-state index in [1.54, 1.807) is 45.0 Å². The van der Waals surface area contributed by atoms with Crippen LogP contribution in [0.5, 0.6) is 0 Å². The van der Waals surface area contributed by atoms with E-state index in [9.17, 15) is 4.79 Å². The second-order valence-electron chi connectivity index (χ2n) is 4.93. The van der Waals surface area contributed by atoms with Crippen molar-refractivity contribution in [1.29, 1.82) is 0 Å². The van der Waals surface area contributed by atoms with Crippen LogP contribution in [0.4, 0.5) is 5.69 Å². The Kier molecular flexibility index (Phi) is 4.99. The second-order valence-corrected chi connectivity index (χ2v) is 5.37. The van der Waals surface area contributed by atoms with Gasteiger partial charge in [-0.1, -0.05) is 11.6 Å². The number of benzene rings is 1. The molecule has 0 bridgehead atoms. The van der Waals surface area contributed by atoms with Crippen LogP contribution in [0.15, 0.2) is 24.3 Å². The third-order valence-electron chi connectivity index (χ3n) is 2.22. The average Bonchev–Trinajstić information content (AvgIpc) is 2.28. The quantitative estimate of drug-likeness (QED) is 0.856. The van der Waals surface area contributed by atoms with E-state index in [-0.39, 0.29) is 19.1 Å². The van der Waals surface area contributed by atoms with Crippen molar-refractivity contribution in [2.45, 2.75) is 20.8 Å². The molecule has 0 saturated heterocycles. The van der Waals surface area contributed by atoms with Crippen molar-refractivity contribution in [3.05, 3.63) is 29.3 Å². The fraction of sp³-hybridized carbons (Fsp3) is 0.462. The molecule has 1 aromatic carbocycles. The maximum absolute atomic E-state index is 11.8. The van der Waals surface area contributed by atoms with Crippen LogP contribution >= 0.6 is 11.6 Å². The van der Waals surface area contributed by atoms with Crippen LogP contribution in [0.1, 0.15) is 20.8 Å². The molecule has 0 saturated carbocycles. The Hall–Kier alpha value is -1.26. The van der Waals surface area contributed by atoms with Gasteiger partial charge in [0.1, 0.15) is 0 Å². The van der Waals surface area contributed by atoms with E-state index in [0.717, 1.165) is 0 Å². The van der Waals surface area contributed by atoms with Crippen LogP contribution in [-0.4, -0.2) is 24.2 Å². The van der Waals surface area contributed by atoms with Gasteiger partial charge in [-0.25, -0.2) is 9.86 Å². The molecule has 1 rings (SSSR count). The van der Waals surface area contributed by atoms with E-state index in [2.05, 4.69) is 0 Å². The fourth-order valence-corrected chi connectivity index (χ4v) is 1.29. The van der Waals surface area contributed by atoms with Gasteiger partial charge < -0.3 is 9.94 Å². The van der Waals surface area contributed by atoms with Crippen molar-refractivity contribution in [2.24, 2.45) is 5.41 Å². The molecule has 0 amide bonds. The van der Waals surface area contributed by atoms with Gasteiger partial charge in [0.05, 0.1) is 24.3 Å². The summed E-state index contributed by atoms with van der Waals surface area (Å²) in [5.41, 5.74) is 0.0752. The zero-order valence-electron chi connectivity index (χ0n) is 10.8. The summed E-state index contributed by atoms with van der Waals surface area (Å²) in [7, 11) is 0. The monoisotopic (exact) mass is 271 g/mol. The Bertz CT molecular complexity index is 398. The normalized spacial score (nSPS) is 11.2. The van der Waals surface area contributed by atoms with Crippen molar-refractivity contribution in [3.63, 3.8) is 0 Å². The molecule has 1 N–H and O–H groups in total. The van der Waals surface area contributed by atoms with Crippen LogP contribution in [0.25, 0.3) is 0 Å². The Morgan fingerprint density at radius 3 is 2.33 bits per heavy atom. The molecule has 0 aromatic heterocycles. The van der Waals surface area contributed by atoms with Crippen LogP contribution in [0, 0.1) is 5.41 Å². The minimum atomic E-state index is -0.597. The van der Waals surface area contributed by atoms with Crippen molar-refractivity contribution in [3.8, 4) is 0 Å². The van der Waals surface area contributed by atoms with Gasteiger partial charge in [-0.05, 0) is 45.0 Å². The molecule has 0 unspecified atom stereocenters. The van der Waals surface area contributed by atoms with Crippen molar-refractivity contribution < 1.29 is 14.7 Å². The molecule has 0 spiro atoms. The predicted octanol–water partition coefficient (Wildman–Crippen LogP) is 2.64. The minimum absolute atomic E-state index is 0.111. The molecule has 100 valence electrons. The molecule has 5 heteroatoms. The highest BCUT2D eigenvalue weighted by Crippen LogP contribution is 2.21. The summed E-state index contributed by atoms with van der Waals surface area (Å²) in [6.45, 7) is 5.42. The lowest BCUT2D eigenvalue weighted by Gasteiger charge is -2.26. The van der Waals surface area contributed by atoms with E-state index in [1.807, 2.05) is 0 Å².